The second-order valence-electron chi connectivity index (χ2n) is 4.37. The SMILES string of the molecule is Cc1ccc(Br)c(C(=O)NCCNC(=O)N(C)C)c1. The molecule has 0 fully saturated rings. The predicted octanol–water partition coefficient (Wildman–Crippen LogP) is 1.76. The van der Waals surface area contributed by atoms with E-state index in [9.17, 15) is 9.59 Å². The summed E-state index contributed by atoms with van der Waals surface area (Å²) in [6, 6.07) is 5.42. The fraction of sp³-hybridized carbons (Fsp3) is 0.385. The van der Waals surface area contributed by atoms with Gasteiger partial charge in [0.05, 0.1) is 5.56 Å². The average Bonchev–Trinajstić information content (AvgIpc) is 2.36. The smallest absolute Gasteiger partial charge is 0.316 e. The topological polar surface area (TPSA) is 61.4 Å². The van der Waals surface area contributed by atoms with Gasteiger partial charge < -0.3 is 15.5 Å². The van der Waals surface area contributed by atoms with Gasteiger partial charge in [0, 0.05) is 31.7 Å². The highest BCUT2D eigenvalue weighted by Gasteiger charge is 2.09. The van der Waals surface area contributed by atoms with Crippen LogP contribution in [0.4, 0.5) is 4.79 Å². The average molecular weight is 328 g/mol. The number of benzene rings is 1. The standard InChI is InChI=1S/C13H18BrN3O2/c1-9-4-5-11(14)10(8-9)12(18)15-6-7-16-13(19)17(2)3/h4-5,8H,6-7H2,1-3H3,(H,15,18)(H,16,19). The molecule has 0 aliphatic carbocycles. The minimum Gasteiger partial charge on any atom is -0.350 e. The minimum absolute atomic E-state index is 0.158. The van der Waals surface area contributed by atoms with Gasteiger partial charge in [-0.25, -0.2) is 4.79 Å². The Balaban J connectivity index is 2.44. The van der Waals surface area contributed by atoms with Crippen molar-refractivity contribution in [1.82, 2.24) is 15.5 Å². The van der Waals surface area contributed by atoms with Crippen LogP contribution in [-0.4, -0.2) is 44.0 Å². The molecular weight excluding hydrogens is 310 g/mol. The van der Waals surface area contributed by atoms with Gasteiger partial charge in [-0.2, -0.15) is 0 Å². The Hall–Kier alpha value is -1.56. The summed E-state index contributed by atoms with van der Waals surface area (Å²) in [6.45, 7) is 2.71. The first-order valence-electron chi connectivity index (χ1n) is 5.91. The summed E-state index contributed by atoms with van der Waals surface area (Å²) in [4.78, 5) is 24.6. The Kier molecular flexibility index (Phi) is 5.82. The molecule has 0 aliphatic rings. The molecule has 0 atom stereocenters. The number of carbonyl (C=O) groups is 2. The van der Waals surface area contributed by atoms with Gasteiger partial charge in [0.2, 0.25) is 0 Å². The molecule has 2 N–H and O–H groups in total. The highest BCUT2D eigenvalue weighted by Crippen LogP contribution is 2.17. The van der Waals surface area contributed by atoms with Crippen molar-refractivity contribution in [3.8, 4) is 0 Å². The number of urea groups is 1. The molecule has 1 aromatic carbocycles. The molecule has 0 bridgehead atoms. The number of rotatable bonds is 4. The van der Waals surface area contributed by atoms with E-state index in [0.717, 1.165) is 10.0 Å². The van der Waals surface area contributed by atoms with Crippen LogP contribution < -0.4 is 10.6 Å². The minimum atomic E-state index is -0.175. The molecule has 104 valence electrons. The lowest BCUT2D eigenvalue weighted by atomic mass is 10.1. The molecule has 5 nitrogen and oxygen atoms in total. The summed E-state index contributed by atoms with van der Waals surface area (Å²) in [5.74, 6) is -0.158. The molecule has 0 saturated heterocycles. The lowest BCUT2D eigenvalue weighted by Crippen LogP contribution is -2.39. The predicted molar refractivity (Wildman–Crippen MR) is 78.3 cm³/mol. The molecule has 0 radical (unpaired) electrons. The van der Waals surface area contributed by atoms with E-state index < -0.39 is 0 Å². The van der Waals surface area contributed by atoms with Crippen molar-refractivity contribution in [2.24, 2.45) is 0 Å². The van der Waals surface area contributed by atoms with E-state index in [-0.39, 0.29) is 11.9 Å². The number of nitrogens with one attached hydrogen (secondary N) is 2. The van der Waals surface area contributed by atoms with Crippen LogP contribution in [0.5, 0.6) is 0 Å². The molecular formula is C13H18BrN3O2. The van der Waals surface area contributed by atoms with Crippen molar-refractivity contribution in [3.05, 3.63) is 33.8 Å². The van der Waals surface area contributed by atoms with Crippen LogP contribution in [0, 0.1) is 6.92 Å². The Morgan fingerprint density at radius 1 is 1.21 bits per heavy atom. The number of hydrogen-bond acceptors (Lipinski definition) is 2. The number of carbonyl (C=O) groups excluding carboxylic acids is 2. The van der Waals surface area contributed by atoms with E-state index in [2.05, 4.69) is 26.6 Å². The first-order chi connectivity index (χ1) is 8.91. The van der Waals surface area contributed by atoms with E-state index in [1.54, 1.807) is 14.1 Å². The molecule has 0 aromatic heterocycles. The molecule has 0 unspecified atom stereocenters. The zero-order valence-electron chi connectivity index (χ0n) is 11.3. The van der Waals surface area contributed by atoms with Gasteiger partial charge in [0.25, 0.3) is 5.91 Å². The first kappa shape index (κ1) is 15.5. The van der Waals surface area contributed by atoms with Crippen molar-refractivity contribution in [1.29, 1.82) is 0 Å². The van der Waals surface area contributed by atoms with Crippen LogP contribution in [0.3, 0.4) is 0 Å². The van der Waals surface area contributed by atoms with Crippen molar-refractivity contribution in [2.75, 3.05) is 27.2 Å². The van der Waals surface area contributed by atoms with Gasteiger partial charge in [-0.15, -0.1) is 0 Å². The number of hydrogen-bond donors (Lipinski definition) is 2. The van der Waals surface area contributed by atoms with Gasteiger partial charge in [0.15, 0.2) is 0 Å². The van der Waals surface area contributed by atoms with E-state index in [0.29, 0.717) is 18.7 Å². The van der Waals surface area contributed by atoms with E-state index in [4.69, 9.17) is 0 Å². The number of amides is 3. The molecule has 3 amide bonds. The van der Waals surface area contributed by atoms with Crippen LogP contribution in [0.1, 0.15) is 15.9 Å². The summed E-state index contributed by atoms with van der Waals surface area (Å²) in [7, 11) is 3.33. The molecule has 0 heterocycles. The largest absolute Gasteiger partial charge is 0.350 e. The van der Waals surface area contributed by atoms with Crippen molar-refractivity contribution in [2.45, 2.75) is 6.92 Å². The lowest BCUT2D eigenvalue weighted by Gasteiger charge is -2.12. The van der Waals surface area contributed by atoms with E-state index in [1.807, 2.05) is 25.1 Å². The second kappa shape index (κ2) is 7.13. The van der Waals surface area contributed by atoms with Crippen LogP contribution in [0.2, 0.25) is 0 Å². The fourth-order valence-electron chi connectivity index (χ4n) is 1.41. The van der Waals surface area contributed by atoms with Crippen LogP contribution in [-0.2, 0) is 0 Å². The maximum Gasteiger partial charge on any atom is 0.316 e. The lowest BCUT2D eigenvalue weighted by molar-refractivity contribution is 0.0953. The van der Waals surface area contributed by atoms with E-state index >= 15 is 0 Å². The molecule has 1 aromatic rings. The van der Waals surface area contributed by atoms with Crippen molar-refractivity contribution >= 4 is 27.9 Å². The van der Waals surface area contributed by atoms with Crippen LogP contribution in [0.25, 0.3) is 0 Å². The van der Waals surface area contributed by atoms with E-state index in [1.165, 1.54) is 4.90 Å². The fourth-order valence-corrected chi connectivity index (χ4v) is 1.84. The summed E-state index contributed by atoms with van der Waals surface area (Å²) in [5.41, 5.74) is 1.62. The highest BCUT2D eigenvalue weighted by atomic mass is 79.9. The van der Waals surface area contributed by atoms with Gasteiger partial charge >= 0.3 is 6.03 Å². The molecule has 0 spiro atoms. The Labute approximate surface area is 121 Å². The molecule has 0 aliphatic heterocycles. The Morgan fingerprint density at radius 3 is 2.47 bits per heavy atom. The Morgan fingerprint density at radius 2 is 1.84 bits per heavy atom. The van der Waals surface area contributed by atoms with Gasteiger partial charge in [-0.3, -0.25) is 4.79 Å². The number of aryl methyl sites for hydroxylation is 1. The third-order valence-electron chi connectivity index (χ3n) is 2.46. The van der Waals surface area contributed by atoms with Crippen LogP contribution >= 0.6 is 15.9 Å². The zero-order valence-corrected chi connectivity index (χ0v) is 12.9. The number of nitrogens with zero attached hydrogens (tertiary/aromatic N) is 1. The Bertz CT molecular complexity index is 475. The molecule has 6 heteroatoms. The van der Waals surface area contributed by atoms with Gasteiger partial charge in [0.1, 0.15) is 0 Å². The molecule has 1 rings (SSSR count). The third-order valence-corrected chi connectivity index (χ3v) is 3.15. The van der Waals surface area contributed by atoms with Crippen molar-refractivity contribution in [3.63, 3.8) is 0 Å². The molecule has 19 heavy (non-hydrogen) atoms. The first-order valence-corrected chi connectivity index (χ1v) is 6.70. The van der Waals surface area contributed by atoms with Gasteiger partial charge in [-0.05, 0) is 35.0 Å². The maximum atomic E-state index is 11.9. The van der Waals surface area contributed by atoms with Crippen LogP contribution in [0.15, 0.2) is 22.7 Å². The van der Waals surface area contributed by atoms with Crippen molar-refractivity contribution < 1.29 is 9.59 Å². The summed E-state index contributed by atoms with van der Waals surface area (Å²) >= 11 is 3.35. The monoisotopic (exact) mass is 327 g/mol. The third kappa shape index (κ3) is 4.90. The summed E-state index contributed by atoms with van der Waals surface area (Å²) in [6.07, 6.45) is 0. The maximum absolute atomic E-state index is 11.9. The summed E-state index contributed by atoms with van der Waals surface area (Å²) < 4.78 is 0.757. The molecule has 0 saturated carbocycles. The summed E-state index contributed by atoms with van der Waals surface area (Å²) in [5, 5.41) is 5.43. The zero-order chi connectivity index (χ0) is 14.4. The second-order valence-corrected chi connectivity index (χ2v) is 5.22. The van der Waals surface area contributed by atoms with Gasteiger partial charge in [-0.1, -0.05) is 11.6 Å². The normalized spacial score (nSPS) is 9.89. The highest BCUT2D eigenvalue weighted by molar-refractivity contribution is 9.10. The quantitative estimate of drug-likeness (QED) is 0.828. The number of halogens is 1.